The van der Waals surface area contributed by atoms with E-state index in [4.69, 9.17) is 4.74 Å². The van der Waals surface area contributed by atoms with Crippen LogP contribution in [0.5, 0.6) is 0 Å². The highest BCUT2D eigenvalue weighted by Gasteiger charge is 2.19. The maximum Gasteiger partial charge on any atom is 0.251 e. The van der Waals surface area contributed by atoms with Crippen LogP contribution < -0.4 is 10.2 Å². The van der Waals surface area contributed by atoms with Gasteiger partial charge in [0.25, 0.3) is 5.91 Å². The summed E-state index contributed by atoms with van der Waals surface area (Å²) in [6, 6.07) is 16.5. The zero-order valence-corrected chi connectivity index (χ0v) is 16.1. The Morgan fingerprint density at radius 3 is 2.88 bits per heavy atom. The lowest BCUT2D eigenvalue weighted by atomic mass is 10.1. The van der Waals surface area contributed by atoms with Gasteiger partial charge < -0.3 is 15.0 Å². The summed E-state index contributed by atoms with van der Waals surface area (Å²) in [5.41, 5.74) is 3.17. The second-order valence-corrected chi connectivity index (χ2v) is 7.38. The molecule has 0 radical (unpaired) electrons. The Morgan fingerprint density at radius 1 is 1.23 bits per heavy atom. The number of benzene rings is 2. The fourth-order valence-electron chi connectivity index (χ4n) is 3.00. The van der Waals surface area contributed by atoms with Gasteiger partial charge in [0.2, 0.25) is 0 Å². The average Bonchev–Trinajstić information content (AvgIpc) is 2.68. The number of hydrogen-bond donors (Lipinski definition) is 1. The highest BCUT2D eigenvalue weighted by Crippen LogP contribution is 2.36. The van der Waals surface area contributed by atoms with Gasteiger partial charge in [-0.1, -0.05) is 30.3 Å². The van der Waals surface area contributed by atoms with Gasteiger partial charge in [-0.2, -0.15) is 0 Å². The van der Waals surface area contributed by atoms with Gasteiger partial charge in [-0.3, -0.25) is 4.79 Å². The van der Waals surface area contributed by atoms with Crippen molar-refractivity contribution in [2.24, 2.45) is 0 Å². The smallest absolute Gasteiger partial charge is 0.251 e. The molecule has 2 aromatic carbocycles. The first kappa shape index (κ1) is 18.8. The highest BCUT2D eigenvalue weighted by molar-refractivity contribution is 7.99. The molecule has 0 unspecified atom stereocenters. The number of fused-ring (bicyclic) bond motifs is 1. The van der Waals surface area contributed by atoms with Crippen molar-refractivity contribution in [3.63, 3.8) is 0 Å². The quantitative estimate of drug-likeness (QED) is 0.714. The Labute approximate surface area is 159 Å². The minimum atomic E-state index is -0.0143. The number of amides is 1. The van der Waals surface area contributed by atoms with E-state index in [1.165, 1.54) is 10.5 Å². The fourth-order valence-corrected chi connectivity index (χ4v) is 4.04. The van der Waals surface area contributed by atoms with E-state index in [0.29, 0.717) is 19.8 Å². The first-order valence-electron chi connectivity index (χ1n) is 9.19. The van der Waals surface area contributed by atoms with Crippen molar-refractivity contribution in [3.8, 4) is 0 Å². The number of hydrogen-bond acceptors (Lipinski definition) is 4. The van der Waals surface area contributed by atoms with Crippen molar-refractivity contribution in [1.82, 2.24) is 5.32 Å². The maximum atomic E-state index is 12.5. The van der Waals surface area contributed by atoms with Crippen LogP contribution in [0.25, 0.3) is 0 Å². The van der Waals surface area contributed by atoms with E-state index in [1.807, 2.05) is 36.9 Å². The average molecular weight is 371 g/mol. The molecule has 0 saturated carbocycles. The fraction of sp³-hybridized carbons (Fsp3) is 0.381. The third-order valence-electron chi connectivity index (χ3n) is 4.35. The van der Waals surface area contributed by atoms with Crippen molar-refractivity contribution in [2.45, 2.75) is 24.8 Å². The number of carbonyl (C=O) groups excluding carboxylic acids is 1. The van der Waals surface area contributed by atoms with Crippen LogP contribution in [0.2, 0.25) is 0 Å². The number of thioether (sulfide) groups is 1. The van der Waals surface area contributed by atoms with Crippen LogP contribution in [0, 0.1) is 0 Å². The molecule has 4 nitrogen and oxygen atoms in total. The van der Waals surface area contributed by atoms with Crippen molar-refractivity contribution in [2.75, 3.05) is 37.0 Å². The van der Waals surface area contributed by atoms with E-state index in [-0.39, 0.29) is 5.91 Å². The largest absolute Gasteiger partial charge is 0.382 e. The second kappa shape index (κ2) is 9.64. The number of rotatable bonds is 8. The lowest BCUT2D eigenvalue weighted by Crippen LogP contribution is -2.30. The van der Waals surface area contributed by atoms with Gasteiger partial charge in [0.15, 0.2) is 0 Å². The third kappa shape index (κ3) is 5.02. The summed E-state index contributed by atoms with van der Waals surface area (Å²) in [6.45, 7) is 5.87. The Bertz CT molecular complexity index is 721. The first-order chi connectivity index (χ1) is 12.8. The second-order valence-electron chi connectivity index (χ2n) is 6.24. The Morgan fingerprint density at radius 2 is 2.08 bits per heavy atom. The van der Waals surface area contributed by atoms with Crippen molar-refractivity contribution < 1.29 is 9.53 Å². The van der Waals surface area contributed by atoms with Crippen LogP contribution in [-0.4, -0.2) is 38.0 Å². The van der Waals surface area contributed by atoms with Gasteiger partial charge in [0.1, 0.15) is 0 Å². The lowest BCUT2D eigenvalue weighted by molar-refractivity contribution is 0.0944. The number of anilines is 1. The van der Waals surface area contributed by atoms with E-state index in [2.05, 4.69) is 40.5 Å². The van der Waals surface area contributed by atoms with E-state index < -0.39 is 0 Å². The van der Waals surface area contributed by atoms with Crippen LogP contribution >= 0.6 is 11.8 Å². The molecule has 0 aromatic heterocycles. The Hall–Kier alpha value is -1.98. The molecule has 1 aliphatic heterocycles. The van der Waals surface area contributed by atoms with Gasteiger partial charge in [-0.15, -0.1) is 11.8 Å². The molecule has 0 aliphatic carbocycles. The minimum Gasteiger partial charge on any atom is -0.382 e. The summed E-state index contributed by atoms with van der Waals surface area (Å²) in [5.74, 6) is 1.06. The molecule has 0 fully saturated rings. The van der Waals surface area contributed by atoms with Gasteiger partial charge in [0, 0.05) is 49.1 Å². The van der Waals surface area contributed by atoms with E-state index >= 15 is 0 Å². The molecular weight excluding hydrogens is 344 g/mol. The number of ether oxygens (including phenoxy) is 1. The normalized spacial score (nSPS) is 13.3. The third-order valence-corrected chi connectivity index (χ3v) is 5.39. The molecule has 1 heterocycles. The van der Waals surface area contributed by atoms with Crippen LogP contribution in [-0.2, 0) is 11.3 Å². The lowest BCUT2D eigenvalue weighted by Gasteiger charge is -2.31. The summed E-state index contributed by atoms with van der Waals surface area (Å²) in [6.07, 6.45) is 0.834. The summed E-state index contributed by atoms with van der Waals surface area (Å²) in [4.78, 5) is 16.1. The predicted molar refractivity (Wildman–Crippen MR) is 108 cm³/mol. The van der Waals surface area contributed by atoms with Crippen molar-refractivity contribution >= 4 is 23.4 Å². The van der Waals surface area contributed by atoms with Gasteiger partial charge in [0.05, 0.1) is 5.69 Å². The van der Waals surface area contributed by atoms with E-state index in [1.54, 1.807) is 0 Å². The molecule has 0 bridgehead atoms. The molecular formula is C21H26N2O2S. The van der Waals surface area contributed by atoms with Gasteiger partial charge in [-0.05, 0) is 37.1 Å². The molecule has 2 aromatic rings. The zero-order valence-electron chi connectivity index (χ0n) is 15.2. The highest BCUT2D eigenvalue weighted by atomic mass is 32.2. The molecule has 1 N–H and O–H groups in total. The molecule has 138 valence electrons. The SMILES string of the molecule is CCOCCCNC(=O)c1ccc2c(c1)N(Cc1ccccc1)CCS2. The molecule has 26 heavy (non-hydrogen) atoms. The zero-order chi connectivity index (χ0) is 18.2. The number of nitrogens with zero attached hydrogens (tertiary/aromatic N) is 1. The monoisotopic (exact) mass is 370 g/mol. The van der Waals surface area contributed by atoms with Gasteiger partial charge in [-0.25, -0.2) is 0 Å². The molecule has 0 atom stereocenters. The van der Waals surface area contributed by atoms with Crippen LogP contribution in [0.4, 0.5) is 5.69 Å². The van der Waals surface area contributed by atoms with Crippen molar-refractivity contribution in [1.29, 1.82) is 0 Å². The summed E-state index contributed by atoms with van der Waals surface area (Å²) >= 11 is 1.86. The Balaban J connectivity index is 1.67. The first-order valence-corrected chi connectivity index (χ1v) is 10.2. The van der Waals surface area contributed by atoms with Gasteiger partial charge >= 0.3 is 0 Å². The van der Waals surface area contributed by atoms with Crippen molar-refractivity contribution in [3.05, 3.63) is 59.7 Å². The predicted octanol–water partition coefficient (Wildman–Crippen LogP) is 3.96. The minimum absolute atomic E-state index is 0.0143. The summed E-state index contributed by atoms with van der Waals surface area (Å²) in [7, 11) is 0. The molecule has 1 amide bonds. The number of nitrogens with one attached hydrogen (secondary N) is 1. The van der Waals surface area contributed by atoms with E-state index in [0.717, 1.165) is 36.5 Å². The standard InChI is InChI=1S/C21H26N2O2S/c1-2-25-13-6-11-22-21(24)18-9-10-20-19(15-18)23(12-14-26-20)16-17-7-4-3-5-8-17/h3-5,7-10,15H,2,6,11-14,16H2,1H3,(H,22,24). The van der Waals surface area contributed by atoms with Crippen LogP contribution in [0.3, 0.4) is 0 Å². The molecule has 3 rings (SSSR count). The maximum absolute atomic E-state index is 12.5. The molecule has 5 heteroatoms. The topological polar surface area (TPSA) is 41.6 Å². The number of carbonyl (C=O) groups is 1. The van der Waals surface area contributed by atoms with Crippen LogP contribution in [0.1, 0.15) is 29.3 Å². The molecule has 0 spiro atoms. The summed E-state index contributed by atoms with van der Waals surface area (Å²) < 4.78 is 5.31. The summed E-state index contributed by atoms with van der Waals surface area (Å²) in [5, 5.41) is 2.98. The molecule has 1 aliphatic rings. The van der Waals surface area contributed by atoms with E-state index in [9.17, 15) is 4.79 Å². The van der Waals surface area contributed by atoms with Crippen LogP contribution in [0.15, 0.2) is 53.4 Å². The Kier molecular flexibility index (Phi) is 6.97. The molecule has 0 saturated heterocycles.